The molecule has 2 aliphatic rings. The third kappa shape index (κ3) is 2.71. The molecule has 0 aliphatic carbocycles. The van der Waals surface area contributed by atoms with Crippen LogP contribution in [0.5, 0.6) is 0 Å². The predicted molar refractivity (Wildman–Crippen MR) is 63.5 cm³/mol. The Balaban J connectivity index is 1.99. The van der Waals surface area contributed by atoms with Crippen molar-refractivity contribution >= 4 is 0 Å². The fourth-order valence-electron chi connectivity index (χ4n) is 1.85. The highest BCUT2D eigenvalue weighted by molar-refractivity contribution is 5.35. The molecule has 17 heavy (non-hydrogen) atoms. The molecule has 0 saturated carbocycles. The lowest BCUT2D eigenvalue weighted by molar-refractivity contribution is -0.165. The topological polar surface area (TPSA) is 38.7 Å². The van der Waals surface area contributed by atoms with Crippen LogP contribution in [0.4, 0.5) is 0 Å². The van der Waals surface area contributed by atoms with Gasteiger partial charge in [0.15, 0.2) is 0 Å². The molecular formula is C14H14O3. The van der Waals surface area contributed by atoms with E-state index in [0.717, 1.165) is 12.8 Å². The fraction of sp³-hybridized carbons (Fsp3) is 0.429. The second-order valence-electron chi connectivity index (χ2n) is 3.90. The van der Waals surface area contributed by atoms with Crippen molar-refractivity contribution in [3.8, 4) is 23.7 Å². The molecule has 1 fully saturated rings. The molecule has 0 bridgehead atoms. The third-order valence-electron chi connectivity index (χ3n) is 2.65. The largest absolute Gasteiger partial charge is 0.458 e. The van der Waals surface area contributed by atoms with E-state index in [2.05, 4.69) is 23.7 Å². The molecule has 0 aromatic carbocycles. The summed E-state index contributed by atoms with van der Waals surface area (Å²) in [6.45, 7) is 1.77. The van der Waals surface area contributed by atoms with Crippen LogP contribution in [0.3, 0.4) is 0 Å². The molecule has 3 heteroatoms. The van der Waals surface area contributed by atoms with E-state index in [1.54, 1.807) is 13.0 Å². The molecule has 3 nitrogen and oxygen atoms in total. The zero-order valence-electron chi connectivity index (χ0n) is 9.69. The summed E-state index contributed by atoms with van der Waals surface area (Å²) in [5, 5.41) is 9.02. The van der Waals surface area contributed by atoms with Crippen LogP contribution in [0.2, 0.25) is 0 Å². The molecule has 88 valence electrons. The first-order chi connectivity index (χ1) is 8.28. The van der Waals surface area contributed by atoms with Crippen molar-refractivity contribution in [3.05, 3.63) is 24.0 Å². The summed E-state index contributed by atoms with van der Waals surface area (Å²) in [5.74, 6) is 10.8. The Morgan fingerprint density at radius 2 is 2.47 bits per heavy atom. The number of ether oxygens (including phenoxy) is 2. The average molecular weight is 230 g/mol. The Labute approximate surface area is 101 Å². The highest BCUT2D eigenvalue weighted by Crippen LogP contribution is 2.38. The number of aliphatic hydroxyl groups excluding tert-OH is 1. The van der Waals surface area contributed by atoms with E-state index in [0.29, 0.717) is 5.76 Å². The molecule has 0 radical (unpaired) electrons. The maximum atomic E-state index is 9.02. The first kappa shape index (κ1) is 11.8. The molecule has 1 N–H and O–H groups in total. The monoisotopic (exact) mass is 230 g/mol. The number of hydrogen-bond donors (Lipinski definition) is 1. The molecule has 0 unspecified atom stereocenters. The zero-order valence-corrected chi connectivity index (χ0v) is 9.69. The van der Waals surface area contributed by atoms with Crippen LogP contribution in [0.1, 0.15) is 19.8 Å². The normalized spacial score (nSPS) is 31.9. The molecule has 0 aromatic heterocycles. The first-order valence-corrected chi connectivity index (χ1v) is 5.57. The lowest BCUT2D eigenvalue weighted by Crippen LogP contribution is -2.27. The van der Waals surface area contributed by atoms with Crippen LogP contribution in [-0.2, 0) is 9.47 Å². The van der Waals surface area contributed by atoms with Crippen molar-refractivity contribution in [1.82, 2.24) is 0 Å². The second kappa shape index (κ2) is 5.10. The van der Waals surface area contributed by atoms with Crippen molar-refractivity contribution in [2.24, 2.45) is 0 Å². The third-order valence-corrected chi connectivity index (χ3v) is 2.65. The number of rotatable bonds is 1. The minimum Gasteiger partial charge on any atom is -0.458 e. The predicted octanol–water partition coefficient (Wildman–Crippen LogP) is 1.35. The Morgan fingerprint density at radius 1 is 1.59 bits per heavy atom. The van der Waals surface area contributed by atoms with Gasteiger partial charge in [-0.3, -0.25) is 0 Å². The van der Waals surface area contributed by atoms with E-state index in [-0.39, 0.29) is 12.7 Å². The van der Waals surface area contributed by atoms with Crippen molar-refractivity contribution in [2.75, 3.05) is 6.61 Å². The van der Waals surface area contributed by atoms with E-state index in [1.165, 1.54) is 0 Å². The van der Waals surface area contributed by atoms with E-state index in [4.69, 9.17) is 14.6 Å². The smallest absolute Gasteiger partial charge is 0.231 e. The lowest BCUT2D eigenvalue weighted by Gasteiger charge is -2.22. The Bertz CT molecular complexity index is 467. The number of aliphatic hydroxyl groups is 1. The molecule has 2 rings (SSSR count). The molecule has 2 heterocycles. The molecule has 2 aliphatic heterocycles. The Morgan fingerprint density at radius 3 is 3.18 bits per heavy atom. The second-order valence-corrected chi connectivity index (χ2v) is 3.90. The first-order valence-electron chi connectivity index (χ1n) is 5.57. The summed E-state index contributed by atoms with van der Waals surface area (Å²) >= 11 is 0. The molecule has 1 spiro atoms. The van der Waals surface area contributed by atoms with Crippen LogP contribution in [-0.4, -0.2) is 23.6 Å². The van der Waals surface area contributed by atoms with Gasteiger partial charge in [0, 0.05) is 12.5 Å². The molecular weight excluding hydrogens is 216 g/mol. The van der Waals surface area contributed by atoms with Gasteiger partial charge in [0.2, 0.25) is 5.79 Å². The van der Waals surface area contributed by atoms with Crippen LogP contribution < -0.4 is 0 Å². The van der Waals surface area contributed by atoms with Gasteiger partial charge in [-0.2, -0.15) is 0 Å². The fourth-order valence-corrected chi connectivity index (χ4v) is 1.85. The van der Waals surface area contributed by atoms with Crippen LogP contribution in [0.15, 0.2) is 24.0 Å². The zero-order chi connectivity index (χ0) is 12.1. The van der Waals surface area contributed by atoms with E-state index in [1.807, 2.05) is 12.2 Å². The van der Waals surface area contributed by atoms with Crippen molar-refractivity contribution < 1.29 is 14.6 Å². The van der Waals surface area contributed by atoms with Gasteiger partial charge in [-0.1, -0.05) is 11.8 Å². The Hall–Kier alpha value is -1.68. The van der Waals surface area contributed by atoms with Crippen LogP contribution >= 0.6 is 0 Å². The summed E-state index contributed by atoms with van der Waals surface area (Å²) in [7, 11) is 0. The minimum atomic E-state index is -0.683. The van der Waals surface area contributed by atoms with Gasteiger partial charge < -0.3 is 14.6 Å². The van der Waals surface area contributed by atoms with Gasteiger partial charge in [-0.15, -0.1) is 0 Å². The van der Waals surface area contributed by atoms with Gasteiger partial charge in [0.05, 0.1) is 12.7 Å². The SMILES string of the molecule is CC#CC#CC=C1C=C[C@@]2(CC[C@H](CO)O2)O1. The van der Waals surface area contributed by atoms with Crippen molar-refractivity contribution in [2.45, 2.75) is 31.7 Å². The summed E-state index contributed by atoms with van der Waals surface area (Å²) in [4.78, 5) is 0. The number of allylic oxidation sites excluding steroid dienone is 2. The summed E-state index contributed by atoms with van der Waals surface area (Å²) < 4.78 is 11.3. The highest BCUT2D eigenvalue weighted by atomic mass is 16.7. The van der Waals surface area contributed by atoms with Gasteiger partial charge >= 0.3 is 0 Å². The summed E-state index contributed by atoms with van der Waals surface area (Å²) in [6, 6.07) is 0. The minimum absolute atomic E-state index is 0.0316. The average Bonchev–Trinajstić information content (AvgIpc) is 2.93. The quantitative estimate of drug-likeness (QED) is 0.691. The lowest BCUT2D eigenvalue weighted by atomic mass is 10.1. The molecule has 0 amide bonds. The maximum Gasteiger partial charge on any atom is 0.231 e. The highest BCUT2D eigenvalue weighted by Gasteiger charge is 2.42. The maximum absolute atomic E-state index is 9.02. The molecule has 1 saturated heterocycles. The van der Waals surface area contributed by atoms with Crippen molar-refractivity contribution in [1.29, 1.82) is 0 Å². The molecule has 0 aromatic rings. The number of hydrogen-bond acceptors (Lipinski definition) is 3. The van der Waals surface area contributed by atoms with Crippen molar-refractivity contribution in [3.63, 3.8) is 0 Å². The van der Waals surface area contributed by atoms with E-state index >= 15 is 0 Å². The van der Waals surface area contributed by atoms with Crippen LogP contribution in [0, 0.1) is 23.7 Å². The van der Waals surface area contributed by atoms with Gasteiger partial charge in [0.25, 0.3) is 0 Å². The van der Waals surface area contributed by atoms with Gasteiger partial charge in [0.1, 0.15) is 5.76 Å². The summed E-state index contributed by atoms with van der Waals surface area (Å²) in [5.41, 5.74) is 0. The summed E-state index contributed by atoms with van der Waals surface area (Å²) in [6.07, 6.45) is 6.83. The Kier molecular flexibility index (Phi) is 3.54. The standard InChI is InChI=1S/C14H14O3/c1-2-3-4-5-6-12-7-9-14(16-12)10-8-13(11-15)17-14/h6-7,9,13,15H,8,10-11H2,1H3/t13-,14-/m1/s1. The van der Waals surface area contributed by atoms with Gasteiger partial charge in [-0.05, 0) is 37.3 Å². The van der Waals surface area contributed by atoms with E-state index < -0.39 is 5.79 Å². The van der Waals surface area contributed by atoms with Crippen LogP contribution in [0.25, 0.3) is 0 Å². The molecule has 2 atom stereocenters. The van der Waals surface area contributed by atoms with E-state index in [9.17, 15) is 0 Å². The van der Waals surface area contributed by atoms with Gasteiger partial charge in [-0.25, -0.2) is 0 Å².